The molecule has 1 atom stereocenters. The number of furan rings is 1. The summed E-state index contributed by atoms with van der Waals surface area (Å²) in [4.78, 5) is 36.1. The van der Waals surface area contributed by atoms with Crippen molar-refractivity contribution in [3.8, 4) is 0 Å². The van der Waals surface area contributed by atoms with Crippen LogP contribution >= 0.6 is 0 Å². The first-order chi connectivity index (χ1) is 12.7. The first-order valence-electron chi connectivity index (χ1n) is 8.40. The summed E-state index contributed by atoms with van der Waals surface area (Å²) in [7, 11) is 0. The Morgan fingerprint density at radius 3 is 3.00 bits per heavy atom. The van der Waals surface area contributed by atoms with E-state index in [2.05, 4.69) is 15.5 Å². The zero-order valence-electron chi connectivity index (χ0n) is 14.1. The van der Waals surface area contributed by atoms with Crippen LogP contribution in [0.5, 0.6) is 0 Å². The van der Waals surface area contributed by atoms with E-state index in [1.807, 2.05) is 0 Å². The lowest BCUT2D eigenvalue weighted by Crippen LogP contribution is -2.38. The lowest BCUT2D eigenvalue weighted by molar-refractivity contribution is -0.115. The highest BCUT2D eigenvalue weighted by atomic mass is 16.7. The first-order valence-corrected chi connectivity index (χ1v) is 8.40. The molecule has 4 heterocycles. The molecular formula is C18H18N4O4. The van der Waals surface area contributed by atoms with Crippen LogP contribution in [0.15, 0.2) is 52.5 Å². The smallest absolute Gasteiger partial charge is 0.269 e. The summed E-state index contributed by atoms with van der Waals surface area (Å²) in [5, 5.41) is 6.72. The highest BCUT2D eigenvalue weighted by Gasteiger charge is 2.48. The Morgan fingerprint density at radius 1 is 1.31 bits per heavy atom. The molecule has 0 aromatic carbocycles. The summed E-state index contributed by atoms with van der Waals surface area (Å²) in [5.74, 6) is 0.297. The van der Waals surface area contributed by atoms with Crippen LogP contribution in [0.2, 0.25) is 0 Å². The normalized spacial score (nSPS) is 21.5. The van der Waals surface area contributed by atoms with Crippen molar-refractivity contribution in [2.75, 3.05) is 13.1 Å². The molecule has 0 aliphatic carbocycles. The van der Waals surface area contributed by atoms with E-state index in [4.69, 9.17) is 9.25 Å². The third-order valence-corrected chi connectivity index (χ3v) is 4.62. The zero-order chi connectivity index (χ0) is 18.0. The molecule has 0 radical (unpaired) electrons. The lowest BCUT2D eigenvalue weighted by Gasteiger charge is -2.21. The van der Waals surface area contributed by atoms with Gasteiger partial charge in [-0.2, -0.15) is 0 Å². The Morgan fingerprint density at radius 2 is 2.23 bits per heavy atom. The average Bonchev–Trinajstić information content (AvgIpc) is 3.42. The number of likely N-dealkylation sites (tertiary alicyclic amines) is 1. The summed E-state index contributed by atoms with van der Waals surface area (Å²) < 4.78 is 5.19. The van der Waals surface area contributed by atoms with Gasteiger partial charge in [0.25, 0.3) is 11.8 Å². The quantitative estimate of drug-likeness (QED) is 0.894. The molecule has 2 aliphatic heterocycles. The molecule has 0 unspecified atom stereocenters. The number of nitrogens with one attached hydrogen (secondary N) is 1. The summed E-state index contributed by atoms with van der Waals surface area (Å²) in [5.41, 5.74) is 0.266. The van der Waals surface area contributed by atoms with E-state index in [0.717, 1.165) is 0 Å². The van der Waals surface area contributed by atoms with Gasteiger partial charge in [0, 0.05) is 31.8 Å². The summed E-state index contributed by atoms with van der Waals surface area (Å²) in [6.07, 6.45) is 5.75. The van der Waals surface area contributed by atoms with E-state index in [0.29, 0.717) is 49.5 Å². The van der Waals surface area contributed by atoms with Gasteiger partial charge in [-0.25, -0.2) is 0 Å². The van der Waals surface area contributed by atoms with Gasteiger partial charge < -0.3 is 19.5 Å². The SMILES string of the molecule is O=C(NCc1ccco1)C1=NO[C@@]2(CCN(C(=O)c3cccnc3)C2)C1. The maximum Gasteiger partial charge on any atom is 0.269 e. The first kappa shape index (κ1) is 16.3. The standard InChI is InChI=1S/C18H18N4O4/c23-16(20-11-14-4-2-8-25-14)15-9-18(26-21-15)5-7-22(12-18)17(24)13-3-1-6-19-10-13/h1-4,6,8,10H,5,7,9,11-12H2,(H,20,23)/t18-/m0/s1. The largest absolute Gasteiger partial charge is 0.467 e. The van der Waals surface area contributed by atoms with Crippen molar-refractivity contribution in [1.82, 2.24) is 15.2 Å². The van der Waals surface area contributed by atoms with Crippen LogP contribution in [-0.4, -0.2) is 46.1 Å². The van der Waals surface area contributed by atoms with Crippen molar-refractivity contribution in [2.45, 2.75) is 25.0 Å². The van der Waals surface area contributed by atoms with Gasteiger partial charge in [0.15, 0.2) is 5.60 Å². The molecule has 2 aliphatic rings. The number of nitrogens with zero attached hydrogens (tertiary/aromatic N) is 3. The molecular weight excluding hydrogens is 336 g/mol. The van der Waals surface area contributed by atoms with Crippen LogP contribution in [-0.2, 0) is 16.2 Å². The van der Waals surface area contributed by atoms with Gasteiger partial charge in [-0.05, 0) is 24.3 Å². The highest BCUT2D eigenvalue weighted by molar-refractivity contribution is 6.39. The predicted octanol–water partition coefficient (Wildman–Crippen LogP) is 1.35. The van der Waals surface area contributed by atoms with Gasteiger partial charge in [0.2, 0.25) is 0 Å². The van der Waals surface area contributed by atoms with Crippen molar-refractivity contribution in [3.05, 3.63) is 54.2 Å². The second-order valence-electron chi connectivity index (χ2n) is 6.47. The van der Waals surface area contributed by atoms with E-state index in [9.17, 15) is 9.59 Å². The third kappa shape index (κ3) is 3.17. The predicted molar refractivity (Wildman–Crippen MR) is 91.2 cm³/mol. The van der Waals surface area contributed by atoms with E-state index >= 15 is 0 Å². The number of hydrogen-bond donors (Lipinski definition) is 1. The second-order valence-corrected chi connectivity index (χ2v) is 6.47. The molecule has 1 fully saturated rings. The van der Waals surface area contributed by atoms with Crippen molar-refractivity contribution >= 4 is 17.5 Å². The minimum Gasteiger partial charge on any atom is -0.467 e. The number of amides is 2. The van der Waals surface area contributed by atoms with E-state index < -0.39 is 5.60 Å². The number of hydrogen-bond acceptors (Lipinski definition) is 6. The molecule has 2 amide bonds. The van der Waals surface area contributed by atoms with Crippen LogP contribution in [0.25, 0.3) is 0 Å². The monoisotopic (exact) mass is 354 g/mol. The second kappa shape index (κ2) is 6.62. The van der Waals surface area contributed by atoms with Crippen LogP contribution < -0.4 is 5.32 Å². The summed E-state index contributed by atoms with van der Waals surface area (Å²) in [6, 6.07) is 7.02. The fraction of sp³-hybridized carbons (Fsp3) is 0.333. The van der Waals surface area contributed by atoms with Crippen molar-refractivity contribution in [1.29, 1.82) is 0 Å². The highest BCUT2D eigenvalue weighted by Crippen LogP contribution is 2.34. The van der Waals surface area contributed by atoms with Crippen LogP contribution in [0.1, 0.15) is 29.0 Å². The lowest BCUT2D eigenvalue weighted by atomic mass is 9.96. The Bertz CT molecular complexity index is 834. The molecule has 1 saturated heterocycles. The molecule has 2 aromatic rings. The number of oxime groups is 1. The van der Waals surface area contributed by atoms with Crippen molar-refractivity contribution < 1.29 is 18.8 Å². The number of pyridine rings is 1. The van der Waals surface area contributed by atoms with Gasteiger partial charge in [-0.1, -0.05) is 5.16 Å². The van der Waals surface area contributed by atoms with Crippen LogP contribution in [0, 0.1) is 0 Å². The van der Waals surface area contributed by atoms with Crippen molar-refractivity contribution in [2.24, 2.45) is 5.16 Å². The average molecular weight is 354 g/mol. The van der Waals surface area contributed by atoms with E-state index in [1.54, 1.807) is 47.8 Å². The fourth-order valence-electron chi connectivity index (χ4n) is 3.23. The van der Waals surface area contributed by atoms with Gasteiger partial charge in [0.1, 0.15) is 11.5 Å². The van der Waals surface area contributed by atoms with Crippen LogP contribution in [0.3, 0.4) is 0 Å². The maximum atomic E-state index is 12.5. The molecule has 0 bridgehead atoms. The van der Waals surface area contributed by atoms with E-state index in [1.165, 1.54) is 0 Å². The number of aromatic nitrogens is 1. The minimum atomic E-state index is -0.616. The maximum absolute atomic E-state index is 12.5. The number of carbonyl (C=O) groups is 2. The molecule has 0 saturated carbocycles. The third-order valence-electron chi connectivity index (χ3n) is 4.62. The summed E-state index contributed by atoms with van der Waals surface area (Å²) in [6.45, 7) is 1.26. The molecule has 2 aromatic heterocycles. The Hall–Kier alpha value is -3.16. The zero-order valence-corrected chi connectivity index (χ0v) is 14.1. The number of rotatable bonds is 4. The summed E-state index contributed by atoms with van der Waals surface area (Å²) >= 11 is 0. The Labute approximate surface area is 149 Å². The molecule has 26 heavy (non-hydrogen) atoms. The van der Waals surface area contributed by atoms with Gasteiger partial charge in [0.05, 0.1) is 24.9 Å². The molecule has 1 spiro atoms. The minimum absolute atomic E-state index is 0.0886. The molecule has 1 N–H and O–H groups in total. The topological polar surface area (TPSA) is 97.0 Å². The Balaban J connectivity index is 1.34. The van der Waals surface area contributed by atoms with Crippen LogP contribution in [0.4, 0.5) is 0 Å². The number of carbonyl (C=O) groups excluding carboxylic acids is 2. The Kier molecular flexibility index (Phi) is 4.16. The van der Waals surface area contributed by atoms with Gasteiger partial charge in [-0.3, -0.25) is 14.6 Å². The van der Waals surface area contributed by atoms with Gasteiger partial charge in [-0.15, -0.1) is 0 Å². The van der Waals surface area contributed by atoms with E-state index in [-0.39, 0.29) is 11.8 Å². The molecule has 4 rings (SSSR count). The molecule has 134 valence electrons. The fourth-order valence-corrected chi connectivity index (χ4v) is 3.23. The van der Waals surface area contributed by atoms with Gasteiger partial charge >= 0.3 is 0 Å². The van der Waals surface area contributed by atoms with Crippen molar-refractivity contribution in [3.63, 3.8) is 0 Å². The molecule has 8 nitrogen and oxygen atoms in total. The molecule has 8 heteroatoms.